The van der Waals surface area contributed by atoms with Gasteiger partial charge in [0.1, 0.15) is 0 Å². The standard InChI is InChI=1S/C21H27N3S.C2H6/c1-8-12-21(5,23-18(4)24(6)7)20-13-19(15-25-20)17(3)11-9-10-16(2)14-22;1-2/h8-11,13,15,23H,1,3-4,12H2,2,5-7H3;1-2H3/b11-9-,16-10+;/t21-;/m0./s1. The summed E-state index contributed by atoms with van der Waals surface area (Å²) < 4.78 is 0. The molecule has 0 fully saturated rings. The second-order valence-corrected chi connectivity index (χ2v) is 7.25. The highest BCUT2D eigenvalue weighted by molar-refractivity contribution is 7.10. The third-order valence-electron chi connectivity index (χ3n) is 3.85. The van der Waals surface area contributed by atoms with Gasteiger partial charge in [0.15, 0.2) is 0 Å². The van der Waals surface area contributed by atoms with Crippen molar-refractivity contribution >= 4 is 16.9 Å². The van der Waals surface area contributed by atoms with E-state index in [1.807, 2.05) is 51.1 Å². The molecule has 0 aliphatic carbocycles. The Hall–Kier alpha value is -2.51. The third-order valence-corrected chi connectivity index (χ3v) is 5.04. The number of hydrogen-bond donors (Lipinski definition) is 1. The lowest BCUT2D eigenvalue weighted by atomic mass is 9.94. The smallest absolute Gasteiger partial charge is 0.0944 e. The van der Waals surface area contributed by atoms with Crippen molar-refractivity contribution in [3.05, 3.63) is 77.3 Å². The van der Waals surface area contributed by atoms with Gasteiger partial charge < -0.3 is 10.2 Å². The summed E-state index contributed by atoms with van der Waals surface area (Å²) in [7, 11) is 3.93. The van der Waals surface area contributed by atoms with Gasteiger partial charge in [0.05, 0.1) is 17.4 Å². The first kappa shape index (κ1) is 24.5. The van der Waals surface area contributed by atoms with Crippen molar-refractivity contribution in [1.29, 1.82) is 5.26 Å². The van der Waals surface area contributed by atoms with Crippen LogP contribution in [0.3, 0.4) is 0 Å². The van der Waals surface area contributed by atoms with E-state index in [0.29, 0.717) is 5.57 Å². The molecule has 3 nitrogen and oxygen atoms in total. The first-order valence-corrected chi connectivity index (χ1v) is 9.90. The minimum absolute atomic E-state index is 0.271. The van der Waals surface area contributed by atoms with E-state index in [1.54, 1.807) is 24.3 Å². The van der Waals surface area contributed by atoms with Gasteiger partial charge >= 0.3 is 0 Å². The molecule has 146 valence electrons. The molecule has 4 heteroatoms. The fraction of sp³-hybridized carbons (Fsp3) is 0.348. The number of allylic oxidation sites excluding steroid dienone is 5. The van der Waals surface area contributed by atoms with Gasteiger partial charge in [0.2, 0.25) is 0 Å². The fourth-order valence-corrected chi connectivity index (χ4v) is 3.23. The number of nitrogens with one attached hydrogen (secondary N) is 1. The molecule has 0 spiro atoms. The topological polar surface area (TPSA) is 39.1 Å². The van der Waals surface area contributed by atoms with Crippen LogP contribution in [0.25, 0.3) is 5.57 Å². The van der Waals surface area contributed by atoms with Crippen molar-refractivity contribution in [2.45, 2.75) is 39.7 Å². The van der Waals surface area contributed by atoms with Crippen molar-refractivity contribution in [3.8, 4) is 6.07 Å². The molecular weight excluding hydrogens is 350 g/mol. The van der Waals surface area contributed by atoms with Crippen molar-refractivity contribution in [2.75, 3.05) is 14.1 Å². The molecule has 0 aliphatic heterocycles. The number of rotatable bonds is 9. The second kappa shape index (κ2) is 12.0. The lowest BCUT2D eigenvalue weighted by Crippen LogP contribution is -2.41. The van der Waals surface area contributed by atoms with E-state index >= 15 is 0 Å². The molecule has 1 aromatic rings. The largest absolute Gasteiger partial charge is 0.365 e. The van der Waals surface area contributed by atoms with Crippen LogP contribution in [-0.2, 0) is 5.54 Å². The Morgan fingerprint density at radius 2 is 2.00 bits per heavy atom. The van der Waals surface area contributed by atoms with Gasteiger partial charge in [-0.3, -0.25) is 0 Å². The summed E-state index contributed by atoms with van der Waals surface area (Å²) in [6, 6.07) is 4.25. The molecule has 0 unspecified atom stereocenters. The van der Waals surface area contributed by atoms with Crippen molar-refractivity contribution in [1.82, 2.24) is 10.2 Å². The molecular formula is C23H33N3S. The summed E-state index contributed by atoms with van der Waals surface area (Å²) in [5.74, 6) is 0.857. The van der Waals surface area contributed by atoms with Crippen LogP contribution in [0.4, 0.5) is 0 Å². The van der Waals surface area contributed by atoms with E-state index in [2.05, 4.69) is 49.5 Å². The predicted octanol–water partition coefficient (Wildman–Crippen LogP) is 6.23. The zero-order valence-corrected chi connectivity index (χ0v) is 18.4. The number of thiophene rings is 1. The molecule has 1 aromatic heterocycles. The van der Waals surface area contributed by atoms with Crippen LogP contribution >= 0.6 is 11.3 Å². The van der Waals surface area contributed by atoms with Crippen LogP contribution in [0.1, 0.15) is 44.6 Å². The van der Waals surface area contributed by atoms with Gasteiger partial charge in [-0.1, -0.05) is 45.2 Å². The van der Waals surface area contributed by atoms with Crippen LogP contribution in [0.5, 0.6) is 0 Å². The average Bonchev–Trinajstić information content (AvgIpc) is 3.14. The minimum atomic E-state index is -0.271. The zero-order valence-electron chi connectivity index (χ0n) is 17.6. The second-order valence-electron chi connectivity index (χ2n) is 6.34. The van der Waals surface area contributed by atoms with Gasteiger partial charge in [-0.2, -0.15) is 5.26 Å². The highest BCUT2D eigenvalue weighted by atomic mass is 32.1. The summed E-state index contributed by atoms with van der Waals surface area (Å²) in [6.07, 6.45) is 8.26. The highest BCUT2D eigenvalue weighted by Gasteiger charge is 2.27. The zero-order chi connectivity index (χ0) is 21.0. The Bertz CT molecular complexity index is 744. The molecule has 1 heterocycles. The van der Waals surface area contributed by atoms with Crippen molar-refractivity contribution in [3.63, 3.8) is 0 Å². The van der Waals surface area contributed by atoms with Gasteiger partial charge in [0.25, 0.3) is 0 Å². The molecule has 1 atom stereocenters. The van der Waals surface area contributed by atoms with Gasteiger partial charge in [-0.05, 0) is 48.9 Å². The SMILES string of the molecule is C=CC[C@](C)(NC(=C)N(C)C)c1cc(C(=C)/C=C\C=C(/C)C#N)cs1.CC. The third kappa shape index (κ3) is 7.72. The van der Waals surface area contributed by atoms with Crippen LogP contribution in [0.2, 0.25) is 0 Å². The van der Waals surface area contributed by atoms with Crippen LogP contribution in [-0.4, -0.2) is 19.0 Å². The van der Waals surface area contributed by atoms with E-state index in [-0.39, 0.29) is 5.54 Å². The number of hydrogen-bond acceptors (Lipinski definition) is 4. The lowest BCUT2D eigenvalue weighted by Gasteiger charge is -2.33. The molecule has 1 N–H and O–H groups in total. The van der Waals surface area contributed by atoms with E-state index in [1.165, 1.54) is 4.88 Å². The fourth-order valence-electron chi connectivity index (χ4n) is 2.17. The Kier molecular flexibility index (Phi) is 10.9. The molecule has 0 aromatic carbocycles. The van der Waals surface area contributed by atoms with Crippen molar-refractivity contribution < 1.29 is 0 Å². The Morgan fingerprint density at radius 3 is 2.52 bits per heavy atom. The molecule has 0 saturated heterocycles. The van der Waals surface area contributed by atoms with Crippen molar-refractivity contribution in [2.24, 2.45) is 0 Å². The molecule has 27 heavy (non-hydrogen) atoms. The summed E-state index contributed by atoms with van der Waals surface area (Å²) >= 11 is 1.69. The Balaban J connectivity index is 0.00000326. The first-order chi connectivity index (χ1) is 12.7. The number of nitrogens with zero attached hydrogens (tertiary/aromatic N) is 2. The summed E-state index contributed by atoms with van der Waals surface area (Å²) in [5, 5.41) is 14.4. The average molecular weight is 384 g/mol. The molecule has 0 amide bonds. The van der Waals surface area contributed by atoms with Crippen LogP contribution < -0.4 is 5.32 Å². The predicted molar refractivity (Wildman–Crippen MR) is 121 cm³/mol. The maximum Gasteiger partial charge on any atom is 0.0944 e. The van der Waals surface area contributed by atoms with E-state index in [0.717, 1.165) is 23.4 Å². The minimum Gasteiger partial charge on any atom is -0.365 e. The summed E-state index contributed by atoms with van der Waals surface area (Å²) in [4.78, 5) is 3.16. The first-order valence-electron chi connectivity index (χ1n) is 9.02. The normalized spacial score (nSPS) is 13.0. The van der Waals surface area contributed by atoms with Gasteiger partial charge in [0, 0.05) is 24.5 Å². The molecule has 1 rings (SSSR count). The van der Waals surface area contributed by atoms with E-state index < -0.39 is 0 Å². The maximum absolute atomic E-state index is 8.77. The molecule has 0 radical (unpaired) electrons. The summed E-state index contributed by atoms with van der Waals surface area (Å²) in [5.41, 5.74) is 2.39. The molecule has 0 saturated carbocycles. The van der Waals surface area contributed by atoms with Crippen LogP contribution in [0.15, 0.2) is 66.9 Å². The van der Waals surface area contributed by atoms with Crippen LogP contribution in [0, 0.1) is 11.3 Å². The maximum atomic E-state index is 8.77. The van der Waals surface area contributed by atoms with Gasteiger partial charge in [-0.25, -0.2) is 0 Å². The van der Waals surface area contributed by atoms with E-state index in [4.69, 9.17) is 5.26 Å². The Labute approximate surface area is 169 Å². The van der Waals surface area contributed by atoms with Gasteiger partial charge in [-0.15, -0.1) is 17.9 Å². The lowest BCUT2D eigenvalue weighted by molar-refractivity contribution is 0.348. The monoisotopic (exact) mass is 383 g/mol. The molecule has 0 bridgehead atoms. The Morgan fingerprint density at radius 1 is 1.37 bits per heavy atom. The molecule has 0 aliphatic rings. The van der Waals surface area contributed by atoms with E-state index in [9.17, 15) is 0 Å². The quantitative estimate of drug-likeness (QED) is 0.312. The highest BCUT2D eigenvalue weighted by Crippen LogP contribution is 2.34. The summed E-state index contributed by atoms with van der Waals surface area (Å²) in [6.45, 7) is 20.0. The number of nitriles is 1.